The Morgan fingerprint density at radius 1 is 1.32 bits per heavy atom. The summed E-state index contributed by atoms with van der Waals surface area (Å²) >= 11 is 2.47. The molecular formula is C26H23N7O6S2. The highest BCUT2D eigenvalue weighted by Crippen LogP contribution is 2.41. The van der Waals surface area contributed by atoms with Gasteiger partial charge in [0.05, 0.1) is 17.9 Å². The Morgan fingerprint density at radius 3 is 2.83 bits per heavy atom. The molecule has 1 saturated heterocycles. The van der Waals surface area contributed by atoms with E-state index in [-0.39, 0.29) is 28.8 Å². The van der Waals surface area contributed by atoms with Crippen molar-refractivity contribution in [2.75, 3.05) is 23.9 Å². The van der Waals surface area contributed by atoms with Crippen molar-refractivity contribution in [2.24, 2.45) is 5.16 Å². The number of carboxylic acids is 1. The maximum Gasteiger partial charge on any atom is 0.321 e. The zero-order chi connectivity index (χ0) is 28.7. The van der Waals surface area contributed by atoms with Gasteiger partial charge in [-0.2, -0.15) is 0 Å². The highest BCUT2D eigenvalue weighted by Gasteiger charge is 2.53. The van der Waals surface area contributed by atoms with Gasteiger partial charge in [0.2, 0.25) is 5.75 Å². The van der Waals surface area contributed by atoms with E-state index in [4.69, 9.17) is 15.3 Å². The number of nitrogen functional groups attached to an aromatic ring is 1. The molecule has 13 nitrogen and oxygen atoms in total. The van der Waals surface area contributed by atoms with Crippen LogP contribution in [0.3, 0.4) is 0 Å². The summed E-state index contributed by atoms with van der Waals surface area (Å²) in [4.78, 5) is 48.5. The molecule has 6 rings (SSSR count). The predicted octanol–water partition coefficient (Wildman–Crippen LogP) is -0.0295. The normalized spacial score (nSPS) is 21.3. The number of β-lactam (4-membered cyclic amide) rings is 1. The number of oxime groups is 1. The average Bonchev–Trinajstić information content (AvgIpc) is 3.61. The fourth-order valence-corrected chi connectivity index (χ4v) is 6.75. The van der Waals surface area contributed by atoms with Crippen LogP contribution < -0.4 is 30.8 Å². The van der Waals surface area contributed by atoms with Crippen LogP contribution in [0.15, 0.2) is 70.5 Å². The number of nitrogens with zero attached hydrogens (tertiary/aromatic N) is 4. The molecule has 0 saturated carbocycles. The van der Waals surface area contributed by atoms with Crippen molar-refractivity contribution in [3.05, 3.63) is 76.6 Å². The van der Waals surface area contributed by atoms with Crippen molar-refractivity contribution in [2.45, 2.75) is 24.2 Å². The fraction of sp³-hybridized carbons (Fsp3) is 0.231. The third kappa shape index (κ3) is 4.82. The lowest BCUT2D eigenvalue weighted by Gasteiger charge is -2.50. The number of anilines is 2. The number of rotatable bonds is 8. The largest absolute Gasteiger partial charge is 0.543 e. The lowest BCUT2D eigenvalue weighted by atomic mass is 10.0. The molecule has 2 amide bonds. The SMILES string of the molecule is CON=C(C(=O)NC1C(=O)N2C(C(=O)[O-])=C(C[n+]3cccc4c3NC(c3ccccc3)O4)CS[C@H]12)c1csc(N)n1. The number of amides is 2. The molecule has 3 aromatic rings. The topological polar surface area (TPSA) is 175 Å². The fourth-order valence-electron chi connectivity index (χ4n) is 4.87. The van der Waals surface area contributed by atoms with E-state index < -0.39 is 35.4 Å². The van der Waals surface area contributed by atoms with Crippen LogP contribution in [0.5, 0.6) is 5.75 Å². The van der Waals surface area contributed by atoms with E-state index >= 15 is 0 Å². The second-order valence-corrected chi connectivity index (χ2v) is 11.2. The maximum absolute atomic E-state index is 13.2. The first kappa shape index (κ1) is 26.6. The number of carbonyl (C=O) groups is 3. The summed E-state index contributed by atoms with van der Waals surface area (Å²) in [5.41, 5.74) is 6.95. The molecule has 0 radical (unpaired) electrons. The number of aliphatic carboxylic acids is 1. The van der Waals surface area contributed by atoms with Gasteiger partial charge in [0.25, 0.3) is 18.0 Å². The first-order valence-corrected chi connectivity index (χ1v) is 14.3. The lowest BCUT2D eigenvalue weighted by molar-refractivity contribution is -0.674. The number of benzene rings is 1. The molecule has 15 heteroatoms. The third-order valence-corrected chi connectivity index (χ3v) is 8.71. The van der Waals surface area contributed by atoms with Crippen molar-refractivity contribution in [3.63, 3.8) is 0 Å². The average molecular weight is 594 g/mol. The Bertz CT molecular complexity index is 1610. The number of nitrogens with two attached hydrogens (primary N) is 1. The van der Waals surface area contributed by atoms with E-state index in [0.717, 1.165) is 21.8 Å². The van der Waals surface area contributed by atoms with E-state index in [0.29, 0.717) is 22.9 Å². The molecule has 2 unspecified atom stereocenters. The van der Waals surface area contributed by atoms with Crippen molar-refractivity contribution >= 4 is 57.5 Å². The van der Waals surface area contributed by atoms with Gasteiger partial charge in [-0.3, -0.25) is 14.5 Å². The Hall–Kier alpha value is -4.63. The molecule has 0 aliphatic carbocycles. The molecule has 5 heterocycles. The van der Waals surface area contributed by atoms with Gasteiger partial charge in [-0.15, -0.1) is 23.1 Å². The Kier molecular flexibility index (Phi) is 6.96. The van der Waals surface area contributed by atoms with Crippen molar-refractivity contribution in [3.8, 4) is 5.75 Å². The molecule has 0 bridgehead atoms. The van der Waals surface area contributed by atoms with Gasteiger partial charge in [0.1, 0.15) is 30.8 Å². The van der Waals surface area contributed by atoms with Crippen molar-refractivity contribution in [1.82, 2.24) is 15.2 Å². The number of carbonyl (C=O) groups excluding carboxylic acids is 3. The molecule has 0 spiro atoms. The van der Waals surface area contributed by atoms with Gasteiger partial charge in [0.15, 0.2) is 10.8 Å². The van der Waals surface area contributed by atoms with Gasteiger partial charge in [0, 0.05) is 22.3 Å². The number of hydrogen-bond donors (Lipinski definition) is 3. The number of ether oxygens (including phenoxy) is 1. The summed E-state index contributed by atoms with van der Waals surface area (Å²) in [6.45, 7) is 0.181. The van der Waals surface area contributed by atoms with E-state index in [9.17, 15) is 19.5 Å². The van der Waals surface area contributed by atoms with Crippen LogP contribution in [0.2, 0.25) is 0 Å². The molecule has 3 aliphatic rings. The summed E-state index contributed by atoms with van der Waals surface area (Å²) in [5, 5.41) is 23.2. The Morgan fingerprint density at radius 2 is 2.12 bits per heavy atom. The van der Waals surface area contributed by atoms with E-state index in [1.54, 1.807) is 11.4 Å². The molecule has 3 aliphatic heterocycles. The van der Waals surface area contributed by atoms with Gasteiger partial charge >= 0.3 is 5.82 Å². The monoisotopic (exact) mass is 593 g/mol. The number of aromatic nitrogens is 2. The molecule has 210 valence electrons. The zero-order valence-corrected chi connectivity index (χ0v) is 23.1. The molecule has 1 aromatic carbocycles. The number of hydrogen-bond acceptors (Lipinski definition) is 12. The highest BCUT2D eigenvalue weighted by atomic mass is 32.2. The maximum atomic E-state index is 13.2. The zero-order valence-electron chi connectivity index (χ0n) is 21.5. The van der Waals surface area contributed by atoms with Crippen molar-refractivity contribution in [1.29, 1.82) is 0 Å². The van der Waals surface area contributed by atoms with E-state index in [1.807, 2.05) is 47.2 Å². The number of fused-ring (bicyclic) bond motifs is 2. The van der Waals surface area contributed by atoms with Gasteiger partial charge in [-0.1, -0.05) is 35.5 Å². The Balaban J connectivity index is 1.21. The molecule has 4 N–H and O–H groups in total. The number of thiazole rings is 1. The predicted molar refractivity (Wildman–Crippen MR) is 147 cm³/mol. The second kappa shape index (κ2) is 10.7. The number of carboxylic acid groups (broad SMARTS) is 1. The summed E-state index contributed by atoms with van der Waals surface area (Å²) in [6, 6.07) is 12.3. The van der Waals surface area contributed by atoms with Crippen LogP contribution in [-0.4, -0.2) is 57.7 Å². The lowest BCUT2D eigenvalue weighted by Crippen LogP contribution is -2.71. The molecule has 2 aromatic heterocycles. The van der Waals surface area contributed by atoms with E-state index in [1.165, 1.54) is 18.9 Å². The highest BCUT2D eigenvalue weighted by molar-refractivity contribution is 8.00. The Labute approximate surface area is 241 Å². The van der Waals surface area contributed by atoms with Crippen molar-refractivity contribution < 1.29 is 33.6 Å². The van der Waals surface area contributed by atoms with Gasteiger partial charge in [-0.05, 0) is 12.1 Å². The molecular weight excluding hydrogens is 570 g/mol. The number of pyridine rings is 1. The first-order chi connectivity index (χ1) is 19.9. The van der Waals surface area contributed by atoms with Crippen LogP contribution in [0.1, 0.15) is 17.5 Å². The summed E-state index contributed by atoms with van der Waals surface area (Å²) in [7, 11) is 1.28. The van der Waals surface area contributed by atoms with Gasteiger partial charge in [-0.25, -0.2) is 14.9 Å². The summed E-state index contributed by atoms with van der Waals surface area (Å²) < 4.78 is 7.91. The standard InChI is InChI=1S/C26H23N7O6S2/c1-38-31-17(15-12-41-26(27)28-15)21(34)29-18-23(35)33-19(25(36)37)14(11-40-24(18)33)10-32-9-5-8-16-20(32)30-22(39-16)13-6-3-2-4-7-13/h2-9,12,18,22,24H,10-11H2,1H3,(H4,27,28,29,34,36,37)/t18?,22?,24-/m1/s1. The molecule has 41 heavy (non-hydrogen) atoms. The quantitative estimate of drug-likeness (QED) is 0.139. The van der Waals surface area contributed by atoms with Crippen LogP contribution in [0.4, 0.5) is 10.9 Å². The summed E-state index contributed by atoms with van der Waals surface area (Å²) in [6.07, 6.45) is 1.41. The number of thioether (sulfide) groups is 1. The van der Waals surface area contributed by atoms with Crippen LogP contribution >= 0.6 is 23.1 Å². The third-order valence-electron chi connectivity index (χ3n) is 6.70. The smallest absolute Gasteiger partial charge is 0.321 e. The minimum atomic E-state index is -1.47. The molecule has 1 fully saturated rings. The minimum absolute atomic E-state index is 0.151. The molecule has 3 atom stereocenters. The summed E-state index contributed by atoms with van der Waals surface area (Å²) in [5.74, 6) is -1.14. The second-order valence-electron chi connectivity index (χ2n) is 9.20. The van der Waals surface area contributed by atoms with Crippen LogP contribution in [0, 0.1) is 0 Å². The first-order valence-electron chi connectivity index (χ1n) is 12.4. The number of nitrogens with one attached hydrogen (secondary N) is 2. The van der Waals surface area contributed by atoms with Gasteiger partial charge < -0.3 is 30.5 Å². The van der Waals surface area contributed by atoms with Crippen LogP contribution in [-0.2, 0) is 25.8 Å². The van der Waals surface area contributed by atoms with E-state index in [2.05, 4.69) is 20.8 Å². The van der Waals surface area contributed by atoms with Crippen LogP contribution in [0.25, 0.3) is 0 Å². The minimum Gasteiger partial charge on any atom is -0.543 e.